The van der Waals surface area contributed by atoms with Crippen LogP contribution in [0.2, 0.25) is 0 Å². The Kier molecular flexibility index (Phi) is 4.91. The van der Waals surface area contributed by atoms with E-state index < -0.39 is 11.9 Å². The summed E-state index contributed by atoms with van der Waals surface area (Å²) in [5.41, 5.74) is 0.877. The molecule has 0 aromatic carbocycles. The number of hydrogen-bond donors (Lipinski definition) is 2. The zero-order chi connectivity index (χ0) is 16.2. The van der Waals surface area contributed by atoms with Crippen molar-refractivity contribution in [3.05, 3.63) is 22.0 Å². The molecule has 3 amide bonds. The normalized spacial score (nSPS) is 13.8. The average molecular weight is 353 g/mol. The maximum atomic E-state index is 11.6. The number of nitrogens with zero attached hydrogens (tertiary/aromatic N) is 3. The van der Waals surface area contributed by atoms with E-state index in [0.29, 0.717) is 17.5 Å². The van der Waals surface area contributed by atoms with Crippen molar-refractivity contribution in [2.24, 2.45) is 0 Å². The Hall–Kier alpha value is -1.94. The molecule has 1 aliphatic rings. The molecule has 0 spiro atoms. The van der Waals surface area contributed by atoms with Crippen LogP contribution in [0.4, 0.5) is 4.79 Å². The zero-order valence-corrected chi connectivity index (χ0v) is 14.0. The van der Waals surface area contributed by atoms with E-state index in [0.717, 1.165) is 35.3 Å². The van der Waals surface area contributed by atoms with E-state index in [1.165, 1.54) is 0 Å². The lowest BCUT2D eigenvalue weighted by Crippen LogP contribution is -2.41. The van der Waals surface area contributed by atoms with Crippen LogP contribution in [0.1, 0.15) is 29.4 Å². The third kappa shape index (κ3) is 5.03. The Morgan fingerprint density at radius 2 is 2.26 bits per heavy atom. The minimum atomic E-state index is -0.455. The molecule has 122 valence electrons. The molecule has 0 radical (unpaired) electrons. The van der Waals surface area contributed by atoms with Gasteiger partial charge in [-0.05, 0) is 19.8 Å². The van der Waals surface area contributed by atoms with Gasteiger partial charge in [0.15, 0.2) is 0 Å². The predicted octanol–water partition coefficient (Wildman–Crippen LogP) is 1.51. The molecule has 3 rings (SSSR count). The second-order valence-corrected chi connectivity index (χ2v) is 7.07. The Balaban J connectivity index is 1.43. The highest BCUT2D eigenvalue weighted by molar-refractivity contribution is 7.99. The van der Waals surface area contributed by atoms with E-state index in [4.69, 9.17) is 4.42 Å². The third-order valence-corrected chi connectivity index (χ3v) is 4.58. The van der Waals surface area contributed by atoms with Crippen molar-refractivity contribution in [1.82, 2.24) is 25.8 Å². The van der Waals surface area contributed by atoms with Gasteiger partial charge in [0.25, 0.3) is 5.22 Å². The number of aromatic nitrogens is 3. The van der Waals surface area contributed by atoms with Gasteiger partial charge in [-0.3, -0.25) is 10.1 Å². The van der Waals surface area contributed by atoms with E-state index in [1.54, 1.807) is 11.3 Å². The summed E-state index contributed by atoms with van der Waals surface area (Å²) in [5.74, 6) is 0.0860. The fraction of sp³-hybridized carbons (Fsp3) is 0.462. The number of carbonyl (C=O) groups excluding carboxylic acids is 2. The zero-order valence-electron chi connectivity index (χ0n) is 12.4. The first-order chi connectivity index (χ1) is 11.1. The molecule has 2 aromatic rings. The molecule has 0 saturated heterocycles. The molecule has 0 bridgehead atoms. The summed E-state index contributed by atoms with van der Waals surface area (Å²) in [6.07, 6.45) is 2.41. The molecule has 1 fully saturated rings. The smallest absolute Gasteiger partial charge is 0.321 e. The minimum absolute atomic E-state index is 0.0372. The second kappa shape index (κ2) is 7.09. The van der Waals surface area contributed by atoms with Crippen LogP contribution in [0, 0.1) is 6.92 Å². The average Bonchev–Trinajstić information content (AvgIpc) is 3.03. The molecule has 0 aliphatic heterocycles. The number of hydrogen-bond acceptors (Lipinski definition) is 8. The van der Waals surface area contributed by atoms with Gasteiger partial charge in [0.05, 0.1) is 22.9 Å². The minimum Gasteiger partial charge on any atom is -0.416 e. The molecule has 8 nitrogen and oxygen atoms in total. The van der Waals surface area contributed by atoms with E-state index in [1.807, 2.05) is 12.3 Å². The Bertz CT molecular complexity index is 710. The summed E-state index contributed by atoms with van der Waals surface area (Å²) in [5, 5.41) is 16.0. The number of aryl methyl sites for hydroxylation is 1. The van der Waals surface area contributed by atoms with Crippen LogP contribution in [0.25, 0.3) is 0 Å². The van der Waals surface area contributed by atoms with Crippen LogP contribution in [-0.4, -0.2) is 38.9 Å². The van der Waals surface area contributed by atoms with Crippen molar-refractivity contribution in [2.45, 2.75) is 37.5 Å². The summed E-state index contributed by atoms with van der Waals surface area (Å²) < 4.78 is 5.45. The number of rotatable bonds is 6. The van der Waals surface area contributed by atoms with Crippen molar-refractivity contribution in [3.8, 4) is 0 Å². The number of imide groups is 1. The lowest BCUT2D eigenvalue weighted by atomic mass is 10.3. The summed E-state index contributed by atoms with van der Waals surface area (Å²) in [7, 11) is 0. The van der Waals surface area contributed by atoms with Crippen molar-refractivity contribution < 1.29 is 14.0 Å². The highest BCUT2D eigenvalue weighted by Gasteiger charge is 2.24. The summed E-state index contributed by atoms with van der Waals surface area (Å²) in [4.78, 5) is 27.4. The van der Waals surface area contributed by atoms with Gasteiger partial charge in [0.1, 0.15) is 0 Å². The maximum absolute atomic E-state index is 11.6. The van der Waals surface area contributed by atoms with Gasteiger partial charge in [-0.15, -0.1) is 21.5 Å². The van der Waals surface area contributed by atoms with E-state index in [9.17, 15) is 9.59 Å². The Morgan fingerprint density at radius 3 is 2.96 bits per heavy atom. The van der Waals surface area contributed by atoms with Crippen LogP contribution in [0.15, 0.2) is 15.0 Å². The number of thiazole rings is 1. The molecule has 2 heterocycles. The van der Waals surface area contributed by atoms with Crippen LogP contribution in [-0.2, 0) is 11.2 Å². The first kappa shape index (κ1) is 15.9. The van der Waals surface area contributed by atoms with E-state index in [-0.39, 0.29) is 11.8 Å². The third-order valence-electron chi connectivity index (χ3n) is 2.94. The summed E-state index contributed by atoms with van der Waals surface area (Å²) in [6.45, 7) is 1.93. The molecule has 1 aliphatic carbocycles. The molecule has 1 saturated carbocycles. The number of urea groups is 1. The molecule has 2 N–H and O–H groups in total. The predicted molar refractivity (Wildman–Crippen MR) is 84.4 cm³/mol. The van der Waals surface area contributed by atoms with Gasteiger partial charge < -0.3 is 9.73 Å². The molecular weight excluding hydrogens is 338 g/mol. The highest BCUT2D eigenvalue weighted by atomic mass is 32.2. The van der Waals surface area contributed by atoms with Crippen LogP contribution >= 0.6 is 23.1 Å². The summed E-state index contributed by atoms with van der Waals surface area (Å²) in [6, 6.07) is -0.244. The van der Waals surface area contributed by atoms with E-state index in [2.05, 4.69) is 25.8 Å². The molecule has 0 unspecified atom stereocenters. The van der Waals surface area contributed by atoms with Gasteiger partial charge in [-0.2, -0.15) is 0 Å². The van der Waals surface area contributed by atoms with Gasteiger partial charge in [0.2, 0.25) is 11.8 Å². The largest absolute Gasteiger partial charge is 0.416 e. The summed E-state index contributed by atoms with van der Waals surface area (Å²) >= 11 is 2.65. The second-order valence-electron chi connectivity index (χ2n) is 5.08. The van der Waals surface area contributed by atoms with Crippen LogP contribution in [0.5, 0.6) is 0 Å². The lowest BCUT2D eigenvalue weighted by molar-refractivity contribution is -0.117. The topological polar surface area (TPSA) is 110 Å². The molecule has 0 atom stereocenters. The van der Waals surface area contributed by atoms with Crippen molar-refractivity contribution >= 4 is 35.0 Å². The standard InChI is InChI=1S/C13H15N5O3S2/c1-7-14-9(5-22-7)4-11-17-18-13(21-11)23-6-10(19)16-12(20)15-8-2-3-8/h5,8H,2-4,6H2,1H3,(H2,15,16,19,20). The van der Waals surface area contributed by atoms with Gasteiger partial charge >= 0.3 is 6.03 Å². The first-order valence-corrected chi connectivity index (χ1v) is 8.91. The maximum Gasteiger partial charge on any atom is 0.321 e. The van der Waals surface area contributed by atoms with Crippen LogP contribution in [0.3, 0.4) is 0 Å². The van der Waals surface area contributed by atoms with Crippen LogP contribution < -0.4 is 10.6 Å². The van der Waals surface area contributed by atoms with Crippen molar-refractivity contribution in [1.29, 1.82) is 0 Å². The molecule has 2 aromatic heterocycles. The first-order valence-electron chi connectivity index (χ1n) is 7.05. The number of nitrogens with one attached hydrogen (secondary N) is 2. The molecular formula is C13H15N5O3S2. The SMILES string of the molecule is Cc1nc(Cc2nnc(SCC(=O)NC(=O)NC3CC3)o2)cs1. The van der Waals surface area contributed by atoms with E-state index >= 15 is 0 Å². The molecule has 10 heteroatoms. The van der Waals surface area contributed by atoms with Gasteiger partial charge in [-0.1, -0.05) is 11.8 Å². The van der Waals surface area contributed by atoms with Gasteiger partial charge in [-0.25, -0.2) is 9.78 Å². The molecule has 23 heavy (non-hydrogen) atoms. The highest BCUT2D eigenvalue weighted by Crippen LogP contribution is 2.19. The fourth-order valence-electron chi connectivity index (χ4n) is 1.75. The Labute approximate surface area is 140 Å². The number of thioether (sulfide) groups is 1. The lowest BCUT2D eigenvalue weighted by Gasteiger charge is -2.03. The Morgan fingerprint density at radius 1 is 1.43 bits per heavy atom. The van der Waals surface area contributed by atoms with Crippen molar-refractivity contribution in [3.63, 3.8) is 0 Å². The fourth-order valence-corrected chi connectivity index (χ4v) is 2.94. The monoisotopic (exact) mass is 353 g/mol. The quantitative estimate of drug-likeness (QED) is 0.757. The van der Waals surface area contributed by atoms with Crippen molar-refractivity contribution in [2.75, 3.05) is 5.75 Å². The number of carbonyl (C=O) groups is 2. The number of amides is 3. The van der Waals surface area contributed by atoms with Gasteiger partial charge in [0, 0.05) is 11.4 Å².